The number of hydrogen-bond donors (Lipinski definition) is 0. The summed E-state index contributed by atoms with van der Waals surface area (Å²) in [6.45, 7) is 13.0. The van der Waals surface area contributed by atoms with Gasteiger partial charge in [-0.1, -0.05) is 45.9 Å². The first-order valence-corrected chi connectivity index (χ1v) is 18.7. The van der Waals surface area contributed by atoms with E-state index in [-0.39, 0.29) is 23.9 Å². The molecule has 8 rings (SSSR count). The summed E-state index contributed by atoms with van der Waals surface area (Å²) in [5.41, 5.74) is 1.40. The van der Waals surface area contributed by atoms with Crippen LogP contribution in [0.4, 0.5) is 4.79 Å². The van der Waals surface area contributed by atoms with E-state index in [0.717, 1.165) is 50.0 Å². The first kappa shape index (κ1) is 31.2. The minimum absolute atomic E-state index is 0.00875. The lowest BCUT2D eigenvalue weighted by Crippen LogP contribution is -2.55. The van der Waals surface area contributed by atoms with Crippen LogP contribution >= 0.6 is 0 Å². The van der Waals surface area contributed by atoms with E-state index < -0.39 is 0 Å². The van der Waals surface area contributed by atoms with Gasteiger partial charge in [0.05, 0.1) is 12.7 Å². The number of nitrogens with zero attached hydrogens (tertiary/aromatic N) is 2. The summed E-state index contributed by atoms with van der Waals surface area (Å²) in [4.78, 5) is 29.8. The average Bonchev–Trinajstić information content (AvgIpc) is 3.52. The SMILES string of the molecule is C[C@H]1CC[C@@]2(OC1)O[C@H]1C[C@H]3[C@@H]4CC[C@@H]5C[C@@H](OC(=O)N6CCN(C(=O)c7ccccc7)CC6)CC[C@]5(C)[C@H]4CC[C@]3(C)[C@H]1[C@@H]2C. The van der Waals surface area contributed by atoms with Crippen LogP contribution in [0.5, 0.6) is 0 Å². The Hall–Kier alpha value is -2.12. The topological polar surface area (TPSA) is 68.3 Å². The molecule has 3 saturated heterocycles. The van der Waals surface area contributed by atoms with E-state index in [1.807, 2.05) is 40.1 Å². The monoisotopic (exact) mass is 632 g/mol. The van der Waals surface area contributed by atoms with Gasteiger partial charge in [0.2, 0.25) is 0 Å². The Kier molecular flexibility index (Phi) is 7.79. The number of ether oxygens (including phenoxy) is 3. The molecule has 2 amide bonds. The molecule has 7 fully saturated rings. The van der Waals surface area contributed by atoms with Crippen molar-refractivity contribution >= 4 is 12.0 Å². The van der Waals surface area contributed by atoms with Crippen LogP contribution in [0, 0.1) is 52.3 Å². The van der Waals surface area contributed by atoms with Gasteiger partial charge in [0, 0.05) is 44.1 Å². The van der Waals surface area contributed by atoms with Crippen LogP contribution in [0.2, 0.25) is 0 Å². The molecule has 12 atom stereocenters. The highest BCUT2D eigenvalue weighted by atomic mass is 16.7. The summed E-state index contributed by atoms with van der Waals surface area (Å²) in [6.07, 6.45) is 12.0. The maximum Gasteiger partial charge on any atom is 0.410 e. The minimum atomic E-state index is -0.334. The third-order valence-electron chi connectivity index (χ3n) is 15.0. The number of benzene rings is 1. The van der Waals surface area contributed by atoms with Crippen molar-refractivity contribution in [3.8, 4) is 0 Å². The van der Waals surface area contributed by atoms with Crippen LogP contribution in [0.3, 0.4) is 0 Å². The zero-order valence-corrected chi connectivity index (χ0v) is 28.6. The van der Waals surface area contributed by atoms with Gasteiger partial charge in [0.25, 0.3) is 5.91 Å². The molecular weight excluding hydrogens is 576 g/mol. The van der Waals surface area contributed by atoms with Gasteiger partial charge in [-0.05, 0) is 116 Å². The fourth-order valence-electron chi connectivity index (χ4n) is 12.4. The van der Waals surface area contributed by atoms with Crippen molar-refractivity contribution in [1.29, 1.82) is 0 Å². The number of carbonyl (C=O) groups is 2. The molecule has 7 heteroatoms. The second-order valence-electron chi connectivity index (χ2n) is 17.1. The largest absolute Gasteiger partial charge is 0.446 e. The standard InChI is InChI=1S/C39H56N2O5/c1-25-12-17-39(44-24-25)26(2)34-33(46-39)23-32-30-11-10-28-22-29(13-15-37(28,3)31(30)14-16-38(32,34)4)45-36(43)41-20-18-40(19-21-41)35(42)27-8-6-5-7-9-27/h5-9,25-26,28-34H,10-24H2,1-4H3/t25-,26-,28+,29-,30+,31-,32-,33-,34-,37-,38-,39+/m0/s1. The van der Waals surface area contributed by atoms with Gasteiger partial charge in [0.1, 0.15) is 6.10 Å². The number of rotatable bonds is 2. The lowest BCUT2D eigenvalue weighted by atomic mass is 9.44. The van der Waals surface area contributed by atoms with Gasteiger partial charge in [-0.2, -0.15) is 0 Å². The average molecular weight is 633 g/mol. The van der Waals surface area contributed by atoms with Crippen molar-refractivity contribution in [2.75, 3.05) is 32.8 Å². The van der Waals surface area contributed by atoms with E-state index in [1.54, 1.807) is 0 Å². The van der Waals surface area contributed by atoms with E-state index >= 15 is 0 Å². The molecule has 3 heterocycles. The Labute approximate surface area is 276 Å². The molecule has 4 saturated carbocycles. The highest BCUT2D eigenvalue weighted by molar-refractivity contribution is 5.94. The van der Waals surface area contributed by atoms with Gasteiger partial charge in [-0.3, -0.25) is 4.79 Å². The Bertz CT molecular complexity index is 1300. The van der Waals surface area contributed by atoms with E-state index in [4.69, 9.17) is 14.2 Å². The summed E-state index contributed by atoms with van der Waals surface area (Å²) in [5, 5.41) is 0. The van der Waals surface area contributed by atoms with E-state index in [1.165, 1.54) is 38.5 Å². The van der Waals surface area contributed by atoms with Crippen molar-refractivity contribution in [2.24, 2.45) is 52.3 Å². The smallest absolute Gasteiger partial charge is 0.410 e. The predicted octanol–water partition coefficient (Wildman–Crippen LogP) is 7.40. The van der Waals surface area contributed by atoms with Crippen molar-refractivity contribution in [3.05, 3.63) is 35.9 Å². The first-order chi connectivity index (χ1) is 22.1. The molecule has 0 radical (unpaired) electrons. The molecule has 1 aromatic rings. The molecule has 7 nitrogen and oxygen atoms in total. The second kappa shape index (κ2) is 11.5. The number of amides is 2. The number of carbonyl (C=O) groups excluding carboxylic acids is 2. The summed E-state index contributed by atoms with van der Waals surface area (Å²) in [7, 11) is 0. The fourth-order valence-corrected chi connectivity index (χ4v) is 12.4. The molecule has 46 heavy (non-hydrogen) atoms. The summed E-state index contributed by atoms with van der Waals surface area (Å²) < 4.78 is 19.7. The highest BCUT2D eigenvalue weighted by Gasteiger charge is 2.69. The van der Waals surface area contributed by atoms with Crippen LogP contribution in [0.1, 0.15) is 102 Å². The number of fused-ring (bicyclic) bond motifs is 7. The van der Waals surface area contributed by atoms with E-state index in [9.17, 15) is 9.59 Å². The second-order valence-corrected chi connectivity index (χ2v) is 17.1. The molecule has 4 aliphatic carbocycles. The Morgan fingerprint density at radius 1 is 0.826 bits per heavy atom. The molecule has 3 aliphatic heterocycles. The van der Waals surface area contributed by atoms with Gasteiger partial charge < -0.3 is 24.0 Å². The number of hydrogen-bond acceptors (Lipinski definition) is 5. The highest BCUT2D eigenvalue weighted by Crippen LogP contribution is 2.71. The molecular formula is C39H56N2O5. The van der Waals surface area contributed by atoms with Crippen molar-refractivity contribution in [3.63, 3.8) is 0 Å². The molecule has 252 valence electrons. The Morgan fingerprint density at radius 3 is 2.30 bits per heavy atom. The van der Waals surface area contributed by atoms with E-state index in [0.29, 0.717) is 72.3 Å². The van der Waals surface area contributed by atoms with Crippen LogP contribution in [0.15, 0.2) is 30.3 Å². The quantitative estimate of drug-likeness (QED) is 0.340. The maximum atomic E-state index is 13.3. The molecule has 1 aromatic carbocycles. The number of piperazine rings is 1. The van der Waals surface area contributed by atoms with Crippen LogP contribution in [-0.4, -0.2) is 72.6 Å². The summed E-state index contributed by atoms with van der Waals surface area (Å²) in [5.74, 6) is 4.38. The molecule has 0 unspecified atom stereocenters. The Morgan fingerprint density at radius 2 is 1.57 bits per heavy atom. The first-order valence-electron chi connectivity index (χ1n) is 18.7. The molecule has 0 aromatic heterocycles. The van der Waals surface area contributed by atoms with Crippen LogP contribution in [-0.2, 0) is 14.2 Å². The van der Waals surface area contributed by atoms with Crippen molar-refractivity contribution in [2.45, 2.75) is 110 Å². The predicted molar refractivity (Wildman–Crippen MR) is 176 cm³/mol. The third kappa shape index (κ3) is 4.87. The zero-order chi connectivity index (χ0) is 31.8. The minimum Gasteiger partial charge on any atom is -0.446 e. The van der Waals surface area contributed by atoms with Gasteiger partial charge in [-0.15, -0.1) is 0 Å². The lowest BCUT2D eigenvalue weighted by molar-refractivity contribution is -0.273. The lowest BCUT2D eigenvalue weighted by Gasteiger charge is -2.61. The fraction of sp³-hybridized carbons (Fsp3) is 0.795. The maximum absolute atomic E-state index is 13.3. The molecule has 7 aliphatic rings. The zero-order valence-electron chi connectivity index (χ0n) is 28.6. The van der Waals surface area contributed by atoms with Gasteiger partial charge in [0.15, 0.2) is 5.79 Å². The third-order valence-corrected chi connectivity index (χ3v) is 15.0. The summed E-state index contributed by atoms with van der Waals surface area (Å²) >= 11 is 0. The molecule has 1 spiro atoms. The van der Waals surface area contributed by atoms with Crippen molar-refractivity contribution in [1.82, 2.24) is 9.80 Å². The Balaban J connectivity index is 0.871. The summed E-state index contributed by atoms with van der Waals surface area (Å²) in [6, 6.07) is 9.42. The van der Waals surface area contributed by atoms with Crippen molar-refractivity contribution < 1.29 is 23.8 Å². The van der Waals surface area contributed by atoms with Gasteiger partial charge >= 0.3 is 6.09 Å². The normalized spacial score (nSPS) is 46.7. The van der Waals surface area contributed by atoms with Crippen LogP contribution < -0.4 is 0 Å². The van der Waals surface area contributed by atoms with Gasteiger partial charge in [-0.25, -0.2) is 4.79 Å². The van der Waals surface area contributed by atoms with Crippen LogP contribution in [0.25, 0.3) is 0 Å². The molecule has 0 N–H and O–H groups in total. The van der Waals surface area contributed by atoms with E-state index in [2.05, 4.69) is 27.7 Å². The molecule has 0 bridgehead atoms.